The lowest BCUT2D eigenvalue weighted by Crippen LogP contribution is -2.26. The summed E-state index contributed by atoms with van der Waals surface area (Å²) in [6, 6.07) is 12.4. The third-order valence-corrected chi connectivity index (χ3v) is 5.94. The van der Waals surface area contributed by atoms with Crippen LogP contribution in [-0.4, -0.2) is 44.9 Å². The second kappa shape index (κ2) is 9.09. The van der Waals surface area contributed by atoms with Crippen LogP contribution in [0.25, 0.3) is 0 Å². The second-order valence-corrected chi connectivity index (χ2v) is 8.02. The van der Waals surface area contributed by atoms with E-state index in [-0.39, 0.29) is 16.2 Å². The molecular formula is C20H23NO6S. The fourth-order valence-electron chi connectivity index (χ4n) is 2.45. The van der Waals surface area contributed by atoms with E-state index in [0.29, 0.717) is 10.0 Å². The van der Waals surface area contributed by atoms with Gasteiger partial charge in [0.05, 0.1) is 17.6 Å². The van der Waals surface area contributed by atoms with E-state index in [0.717, 1.165) is 12.0 Å². The molecule has 0 spiro atoms. The third kappa shape index (κ3) is 4.83. The first-order valence-electron chi connectivity index (χ1n) is 8.68. The smallest absolute Gasteiger partial charge is 0.338 e. The summed E-state index contributed by atoms with van der Waals surface area (Å²) in [6.45, 7) is 3.49. The number of benzene rings is 2. The third-order valence-electron chi connectivity index (χ3n) is 4.26. The molecule has 0 fully saturated rings. The first kappa shape index (κ1) is 21.7. The Hall–Kier alpha value is -2.55. The fourth-order valence-corrected chi connectivity index (χ4v) is 3.47. The van der Waals surface area contributed by atoms with Gasteiger partial charge < -0.3 is 4.74 Å². The maximum Gasteiger partial charge on any atom is 0.338 e. The van der Waals surface area contributed by atoms with Crippen LogP contribution in [0.15, 0.2) is 53.4 Å². The number of nitrogens with zero attached hydrogens (tertiary/aromatic N) is 1. The van der Waals surface area contributed by atoms with Gasteiger partial charge in [-0.15, -0.1) is 0 Å². The van der Waals surface area contributed by atoms with Crippen LogP contribution in [0.3, 0.4) is 0 Å². The van der Waals surface area contributed by atoms with Gasteiger partial charge in [0, 0.05) is 12.6 Å². The number of aryl methyl sites for hydroxylation is 1. The van der Waals surface area contributed by atoms with Crippen molar-refractivity contribution in [1.82, 2.24) is 4.47 Å². The first-order chi connectivity index (χ1) is 13.2. The molecule has 0 aromatic heterocycles. The number of carbonyl (C=O) groups excluding carboxylic acids is 2. The average molecular weight is 405 g/mol. The summed E-state index contributed by atoms with van der Waals surface area (Å²) in [5, 5.41) is 0. The van der Waals surface area contributed by atoms with Gasteiger partial charge in [0.15, 0.2) is 6.10 Å². The molecule has 0 unspecified atom stereocenters. The number of sulfonamides is 1. The van der Waals surface area contributed by atoms with Crippen molar-refractivity contribution in [2.24, 2.45) is 0 Å². The molecule has 8 heteroatoms. The van der Waals surface area contributed by atoms with Crippen molar-refractivity contribution >= 4 is 21.8 Å². The van der Waals surface area contributed by atoms with Gasteiger partial charge in [0.25, 0.3) is 10.0 Å². The largest absolute Gasteiger partial charge is 0.451 e. The standard InChI is InChI=1S/C20H23NO6S/c1-5-15-9-11-16(12-10-15)19(22)14(2)27-20(23)17-7-6-8-18(13-17)28(24,25)21(3)26-4/h6-14H,5H2,1-4H3/t14-/m1/s1. The minimum atomic E-state index is -3.90. The molecule has 0 bridgehead atoms. The van der Waals surface area contributed by atoms with Crippen LogP contribution in [0.2, 0.25) is 0 Å². The van der Waals surface area contributed by atoms with Crippen molar-refractivity contribution in [3.05, 3.63) is 65.2 Å². The normalized spacial score (nSPS) is 12.6. The van der Waals surface area contributed by atoms with E-state index in [2.05, 4.69) is 0 Å². The number of ketones is 1. The minimum Gasteiger partial charge on any atom is -0.451 e. The zero-order chi connectivity index (χ0) is 20.9. The lowest BCUT2D eigenvalue weighted by atomic mass is 10.0. The highest BCUT2D eigenvalue weighted by Gasteiger charge is 2.24. The lowest BCUT2D eigenvalue weighted by molar-refractivity contribution is -0.0258. The molecular weight excluding hydrogens is 382 g/mol. The monoisotopic (exact) mass is 405 g/mol. The number of Topliss-reactive ketones (excluding diaryl/α,β-unsaturated/α-hetero) is 1. The van der Waals surface area contributed by atoms with Crippen LogP contribution >= 0.6 is 0 Å². The van der Waals surface area contributed by atoms with E-state index < -0.39 is 22.1 Å². The van der Waals surface area contributed by atoms with E-state index >= 15 is 0 Å². The molecule has 0 amide bonds. The number of carbonyl (C=O) groups is 2. The summed E-state index contributed by atoms with van der Waals surface area (Å²) in [5.74, 6) is -1.12. The summed E-state index contributed by atoms with van der Waals surface area (Å²) < 4.78 is 30.5. The molecule has 0 aliphatic heterocycles. The van der Waals surface area contributed by atoms with Crippen LogP contribution in [0.1, 0.15) is 40.1 Å². The van der Waals surface area contributed by atoms with Crippen molar-refractivity contribution in [3.63, 3.8) is 0 Å². The highest BCUT2D eigenvalue weighted by atomic mass is 32.2. The molecule has 1 atom stereocenters. The fraction of sp³-hybridized carbons (Fsp3) is 0.300. The zero-order valence-corrected chi connectivity index (χ0v) is 17.0. The topological polar surface area (TPSA) is 90.0 Å². The van der Waals surface area contributed by atoms with E-state index in [1.165, 1.54) is 45.3 Å². The average Bonchev–Trinajstić information content (AvgIpc) is 2.72. The second-order valence-electron chi connectivity index (χ2n) is 6.09. The van der Waals surface area contributed by atoms with Gasteiger partial charge in [-0.2, -0.15) is 0 Å². The molecule has 0 radical (unpaired) electrons. The number of ether oxygens (including phenoxy) is 1. The van der Waals surface area contributed by atoms with Crippen molar-refractivity contribution in [2.75, 3.05) is 14.2 Å². The van der Waals surface area contributed by atoms with Crippen molar-refractivity contribution < 1.29 is 27.6 Å². The Morgan fingerprint density at radius 3 is 2.29 bits per heavy atom. The predicted octanol–water partition coefficient (Wildman–Crippen LogP) is 2.86. The highest BCUT2D eigenvalue weighted by molar-refractivity contribution is 7.89. The van der Waals surface area contributed by atoms with Gasteiger partial charge in [-0.25, -0.2) is 13.2 Å². The van der Waals surface area contributed by atoms with E-state index in [9.17, 15) is 18.0 Å². The number of rotatable bonds is 8. The van der Waals surface area contributed by atoms with Gasteiger partial charge in [-0.05, 0) is 37.1 Å². The molecule has 2 aromatic rings. The summed E-state index contributed by atoms with van der Waals surface area (Å²) >= 11 is 0. The Bertz CT molecular complexity index is 953. The SMILES string of the molecule is CCc1ccc(C(=O)[C@@H](C)OC(=O)c2cccc(S(=O)(=O)N(C)OC)c2)cc1. The Labute approximate surface area is 164 Å². The lowest BCUT2D eigenvalue weighted by Gasteiger charge is -2.15. The maximum absolute atomic E-state index is 12.5. The van der Waals surface area contributed by atoms with Crippen molar-refractivity contribution in [2.45, 2.75) is 31.3 Å². The molecule has 2 rings (SSSR count). The summed E-state index contributed by atoms with van der Waals surface area (Å²) in [5.41, 5.74) is 1.56. The summed E-state index contributed by atoms with van der Waals surface area (Å²) in [7, 11) is -1.44. The van der Waals surface area contributed by atoms with Gasteiger partial charge in [-0.1, -0.05) is 41.7 Å². The number of hydrogen-bond acceptors (Lipinski definition) is 6. The van der Waals surface area contributed by atoms with Crippen molar-refractivity contribution in [3.8, 4) is 0 Å². The molecule has 0 N–H and O–H groups in total. The van der Waals surface area contributed by atoms with E-state index in [1.807, 2.05) is 19.1 Å². The van der Waals surface area contributed by atoms with E-state index in [4.69, 9.17) is 9.57 Å². The predicted molar refractivity (Wildman–Crippen MR) is 103 cm³/mol. The molecule has 0 aliphatic carbocycles. The van der Waals surface area contributed by atoms with Crippen LogP contribution in [0, 0.1) is 0 Å². The Morgan fingerprint density at radius 1 is 1.07 bits per heavy atom. The molecule has 150 valence electrons. The molecule has 0 heterocycles. The van der Waals surface area contributed by atoms with Crippen LogP contribution < -0.4 is 0 Å². The molecule has 28 heavy (non-hydrogen) atoms. The van der Waals surface area contributed by atoms with Crippen LogP contribution in [-0.2, 0) is 26.0 Å². The van der Waals surface area contributed by atoms with Crippen molar-refractivity contribution in [1.29, 1.82) is 0 Å². The van der Waals surface area contributed by atoms with Gasteiger partial charge in [0.2, 0.25) is 5.78 Å². The van der Waals surface area contributed by atoms with Crippen LogP contribution in [0.4, 0.5) is 0 Å². The highest BCUT2D eigenvalue weighted by Crippen LogP contribution is 2.18. The molecule has 7 nitrogen and oxygen atoms in total. The van der Waals surface area contributed by atoms with Crippen LogP contribution in [0.5, 0.6) is 0 Å². The Kier molecular flexibility index (Phi) is 7.06. The number of esters is 1. The summed E-state index contributed by atoms with van der Waals surface area (Å²) in [4.78, 5) is 29.5. The minimum absolute atomic E-state index is 0.0200. The van der Waals surface area contributed by atoms with Gasteiger partial charge >= 0.3 is 5.97 Å². The first-order valence-corrected chi connectivity index (χ1v) is 10.1. The zero-order valence-electron chi connectivity index (χ0n) is 16.2. The Morgan fingerprint density at radius 2 is 1.71 bits per heavy atom. The summed E-state index contributed by atoms with van der Waals surface area (Å²) in [6.07, 6.45) is -0.154. The number of hydrogen-bond donors (Lipinski definition) is 0. The van der Waals surface area contributed by atoms with Gasteiger partial charge in [0.1, 0.15) is 0 Å². The molecule has 0 aliphatic rings. The molecule has 2 aromatic carbocycles. The van der Waals surface area contributed by atoms with Gasteiger partial charge in [-0.3, -0.25) is 9.63 Å². The Balaban J connectivity index is 2.15. The number of hydroxylamine groups is 1. The molecule has 0 saturated carbocycles. The quantitative estimate of drug-likeness (QED) is 0.381. The van der Waals surface area contributed by atoms with E-state index in [1.54, 1.807) is 12.1 Å². The molecule has 0 saturated heterocycles. The maximum atomic E-state index is 12.5.